The number of pyridine rings is 2. The Morgan fingerprint density at radius 2 is 1.96 bits per heavy atom. The lowest BCUT2D eigenvalue weighted by Gasteiger charge is -2.29. The molecule has 0 saturated heterocycles. The Hall–Kier alpha value is -2.74. The van der Waals surface area contributed by atoms with E-state index in [9.17, 15) is 9.18 Å². The maximum atomic E-state index is 13.8. The zero-order valence-electron chi connectivity index (χ0n) is 16.0. The summed E-state index contributed by atoms with van der Waals surface area (Å²) in [6, 6.07) is 6.83. The molecule has 1 atom stereocenters. The molecular formula is C19H25FN4O3. The minimum atomic E-state index is -1.38. The van der Waals surface area contributed by atoms with E-state index in [1.165, 1.54) is 20.0 Å². The monoisotopic (exact) mass is 376 g/mol. The van der Waals surface area contributed by atoms with Crippen molar-refractivity contribution < 1.29 is 18.7 Å². The minimum absolute atomic E-state index is 0.0903. The van der Waals surface area contributed by atoms with Gasteiger partial charge < -0.3 is 20.9 Å². The Balaban J connectivity index is 2.13. The van der Waals surface area contributed by atoms with Gasteiger partial charge in [-0.1, -0.05) is 0 Å². The fourth-order valence-electron chi connectivity index (χ4n) is 2.84. The SMILES string of the molecule is Cc1nc(-c2ccnc(OC(N)=O)c2)ccc1OC[C@@](C)(N)CC(C)(C)F. The zero-order valence-corrected chi connectivity index (χ0v) is 16.0. The molecular weight excluding hydrogens is 351 g/mol. The smallest absolute Gasteiger partial charge is 0.411 e. The van der Waals surface area contributed by atoms with Crippen molar-refractivity contribution in [2.75, 3.05) is 6.61 Å². The summed E-state index contributed by atoms with van der Waals surface area (Å²) >= 11 is 0. The second kappa shape index (κ2) is 7.87. The molecule has 8 heteroatoms. The lowest BCUT2D eigenvalue weighted by molar-refractivity contribution is 0.124. The number of hydrogen-bond acceptors (Lipinski definition) is 6. The fraction of sp³-hybridized carbons (Fsp3) is 0.421. The Bertz CT molecular complexity index is 819. The van der Waals surface area contributed by atoms with Gasteiger partial charge in [0.2, 0.25) is 5.88 Å². The van der Waals surface area contributed by atoms with Crippen LogP contribution in [0.25, 0.3) is 11.3 Å². The van der Waals surface area contributed by atoms with Gasteiger partial charge in [0.15, 0.2) is 0 Å². The molecule has 0 aromatic carbocycles. The van der Waals surface area contributed by atoms with E-state index in [1.807, 2.05) is 0 Å². The van der Waals surface area contributed by atoms with Crippen LogP contribution in [-0.4, -0.2) is 33.9 Å². The van der Waals surface area contributed by atoms with Crippen LogP contribution in [0.3, 0.4) is 0 Å². The quantitative estimate of drug-likeness (QED) is 0.767. The molecule has 0 aliphatic carbocycles. The Morgan fingerprint density at radius 3 is 2.56 bits per heavy atom. The van der Waals surface area contributed by atoms with E-state index in [1.54, 1.807) is 38.1 Å². The summed E-state index contributed by atoms with van der Waals surface area (Å²) in [5, 5.41) is 0. The van der Waals surface area contributed by atoms with Crippen molar-refractivity contribution in [3.63, 3.8) is 0 Å². The van der Waals surface area contributed by atoms with Crippen molar-refractivity contribution >= 4 is 6.09 Å². The van der Waals surface area contributed by atoms with Crippen LogP contribution in [0.1, 0.15) is 32.9 Å². The zero-order chi connectivity index (χ0) is 20.2. The number of nitrogens with zero attached hydrogens (tertiary/aromatic N) is 2. The predicted molar refractivity (Wildman–Crippen MR) is 100 cm³/mol. The molecule has 0 radical (unpaired) electrons. The van der Waals surface area contributed by atoms with Crippen molar-refractivity contribution in [2.24, 2.45) is 11.5 Å². The van der Waals surface area contributed by atoms with Crippen LogP contribution in [0.5, 0.6) is 11.6 Å². The lowest BCUT2D eigenvalue weighted by Crippen LogP contribution is -2.46. The highest BCUT2D eigenvalue weighted by molar-refractivity contribution is 5.68. The molecule has 146 valence electrons. The molecule has 27 heavy (non-hydrogen) atoms. The molecule has 2 aromatic heterocycles. The molecule has 0 saturated carbocycles. The number of amides is 1. The normalized spacial score (nSPS) is 13.7. The summed E-state index contributed by atoms with van der Waals surface area (Å²) in [4.78, 5) is 19.3. The number of primary amides is 1. The third-order valence-corrected chi connectivity index (χ3v) is 3.65. The second-order valence-electron chi connectivity index (χ2n) is 7.42. The average Bonchev–Trinajstić information content (AvgIpc) is 2.51. The topological polar surface area (TPSA) is 113 Å². The van der Waals surface area contributed by atoms with Gasteiger partial charge in [0.1, 0.15) is 18.0 Å². The van der Waals surface area contributed by atoms with Crippen molar-refractivity contribution in [3.8, 4) is 22.9 Å². The molecule has 4 N–H and O–H groups in total. The highest BCUT2D eigenvalue weighted by Crippen LogP contribution is 2.27. The van der Waals surface area contributed by atoms with Crippen molar-refractivity contribution in [2.45, 2.75) is 45.3 Å². The van der Waals surface area contributed by atoms with E-state index in [0.29, 0.717) is 22.7 Å². The number of carbonyl (C=O) groups excluding carboxylic acids is 1. The van der Waals surface area contributed by atoms with Crippen LogP contribution in [0.4, 0.5) is 9.18 Å². The van der Waals surface area contributed by atoms with Crippen LogP contribution >= 0.6 is 0 Å². The Labute approximate surface area is 157 Å². The maximum absolute atomic E-state index is 13.8. The second-order valence-corrected chi connectivity index (χ2v) is 7.42. The largest absolute Gasteiger partial charge is 0.490 e. The number of hydrogen-bond donors (Lipinski definition) is 2. The van der Waals surface area contributed by atoms with Crippen molar-refractivity contribution in [3.05, 3.63) is 36.2 Å². The highest BCUT2D eigenvalue weighted by atomic mass is 19.1. The van der Waals surface area contributed by atoms with Crippen LogP contribution in [0.2, 0.25) is 0 Å². The Morgan fingerprint density at radius 1 is 1.26 bits per heavy atom. The molecule has 0 aliphatic rings. The number of aromatic nitrogens is 2. The molecule has 2 heterocycles. The van der Waals surface area contributed by atoms with Gasteiger partial charge in [0.25, 0.3) is 0 Å². The fourth-order valence-corrected chi connectivity index (χ4v) is 2.84. The van der Waals surface area contributed by atoms with Gasteiger partial charge in [-0.3, -0.25) is 0 Å². The van der Waals surface area contributed by atoms with Crippen LogP contribution < -0.4 is 20.9 Å². The number of rotatable bonds is 7. The molecule has 0 aliphatic heterocycles. The average molecular weight is 376 g/mol. The first-order valence-corrected chi connectivity index (χ1v) is 8.47. The van der Waals surface area contributed by atoms with Gasteiger partial charge >= 0.3 is 6.09 Å². The molecule has 0 fully saturated rings. The summed E-state index contributed by atoms with van der Waals surface area (Å²) < 4.78 is 24.4. The summed E-state index contributed by atoms with van der Waals surface area (Å²) in [6.45, 7) is 6.69. The van der Waals surface area contributed by atoms with Gasteiger partial charge in [0, 0.05) is 24.2 Å². The molecule has 0 spiro atoms. The molecule has 1 amide bonds. The number of carbonyl (C=O) groups is 1. The molecule has 0 unspecified atom stereocenters. The summed E-state index contributed by atoms with van der Waals surface area (Å²) in [5.41, 5.74) is 10.9. The Kier molecular flexibility index (Phi) is 6.00. The van der Waals surface area contributed by atoms with Crippen LogP contribution in [0, 0.1) is 6.92 Å². The van der Waals surface area contributed by atoms with Crippen LogP contribution in [-0.2, 0) is 0 Å². The standard InChI is InChI=1S/C19H25FN4O3/c1-12-15(26-11-19(4,22)10-18(2,3)20)6-5-14(24-12)13-7-8-23-16(9-13)27-17(21)25/h5-9H,10-11,22H2,1-4H3,(H2,21,25)/t19-/m0/s1. The third kappa shape index (κ3) is 6.49. The first-order chi connectivity index (χ1) is 12.5. The van der Waals surface area contributed by atoms with Gasteiger partial charge in [-0.15, -0.1) is 0 Å². The summed E-state index contributed by atoms with van der Waals surface area (Å²) in [6.07, 6.45) is 0.728. The van der Waals surface area contributed by atoms with E-state index < -0.39 is 17.3 Å². The molecule has 2 rings (SSSR count). The highest BCUT2D eigenvalue weighted by Gasteiger charge is 2.30. The van der Waals surface area contributed by atoms with E-state index in [2.05, 4.69) is 9.97 Å². The molecule has 2 aromatic rings. The third-order valence-electron chi connectivity index (χ3n) is 3.65. The minimum Gasteiger partial charge on any atom is -0.490 e. The first kappa shape index (κ1) is 20.6. The van der Waals surface area contributed by atoms with Gasteiger partial charge in [-0.25, -0.2) is 19.2 Å². The van der Waals surface area contributed by atoms with Crippen molar-refractivity contribution in [1.29, 1.82) is 0 Å². The van der Waals surface area contributed by atoms with Gasteiger partial charge in [-0.2, -0.15) is 0 Å². The first-order valence-electron chi connectivity index (χ1n) is 8.47. The van der Waals surface area contributed by atoms with E-state index in [0.717, 1.165) is 0 Å². The lowest BCUT2D eigenvalue weighted by atomic mass is 9.91. The number of nitrogens with two attached hydrogens (primary N) is 2. The predicted octanol–water partition coefficient (Wildman–Crippen LogP) is 3.14. The van der Waals surface area contributed by atoms with E-state index in [-0.39, 0.29) is 18.9 Å². The van der Waals surface area contributed by atoms with Gasteiger partial charge in [0.05, 0.1) is 16.9 Å². The molecule has 7 nitrogen and oxygen atoms in total. The maximum Gasteiger partial charge on any atom is 0.411 e. The van der Waals surface area contributed by atoms with E-state index >= 15 is 0 Å². The number of ether oxygens (including phenoxy) is 2. The van der Waals surface area contributed by atoms with Gasteiger partial charge in [-0.05, 0) is 45.9 Å². The number of halogens is 1. The van der Waals surface area contributed by atoms with Crippen LogP contribution in [0.15, 0.2) is 30.5 Å². The number of alkyl halides is 1. The van der Waals surface area contributed by atoms with Crippen molar-refractivity contribution in [1.82, 2.24) is 9.97 Å². The van der Waals surface area contributed by atoms with E-state index in [4.69, 9.17) is 20.9 Å². The summed E-state index contributed by atoms with van der Waals surface area (Å²) in [7, 11) is 0. The summed E-state index contributed by atoms with van der Waals surface area (Å²) in [5.74, 6) is 0.655. The molecule has 0 bridgehead atoms. The number of aryl methyl sites for hydroxylation is 1.